The number of methoxy groups -OCH3 is 1. The molecule has 220 valence electrons. The number of allylic oxidation sites excluding steroid dienone is 2. The molecule has 0 spiro atoms. The number of cyclic esters (lactones) is 1. The minimum absolute atomic E-state index is 0.0565. The van der Waals surface area contributed by atoms with E-state index in [-0.39, 0.29) is 42.7 Å². The summed E-state index contributed by atoms with van der Waals surface area (Å²) >= 11 is 0. The number of nitrogens with zero attached hydrogens (tertiary/aromatic N) is 4. The van der Waals surface area contributed by atoms with Crippen LogP contribution in [0.4, 0.5) is 11.8 Å². The monoisotopic (exact) mass is 572 g/mol. The van der Waals surface area contributed by atoms with E-state index in [0.29, 0.717) is 47.5 Å². The fourth-order valence-electron chi connectivity index (χ4n) is 4.56. The van der Waals surface area contributed by atoms with Crippen molar-refractivity contribution in [3.63, 3.8) is 0 Å². The standard InChI is InChI=1S/C17H20O6.C9H12N6O3/c1-9(5-7-13(18)19)4-6-11-15(20)14-12(8-23-17(14)21)10(2)16(11)22-3;10-7-6-8(14-9(11)13-7)15(3-12-6)4-2-17-5(1-16)18-4/h4,20H,5-8H2,1-3H3,(H,18,19);3-5,16H,1-2H2,(H4,10,11,13,14)/b9-4+;/t;4-,5-/m.1/s1. The molecule has 0 saturated carbocycles. The molecule has 41 heavy (non-hydrogen) atoms. The number of aromatic hydroxyl groups is 1. The van der Waals surface area contributed by atoms with Gasteiger partial charge in [0.1, 0.15) is 29.2 Å². The summed E-state index contributed by atoms with van der Waals surface area (Å²) in [6.45, 7) is 3.88. The smallest absolute Gasteiger partial charge is 0.342 e. The average Bonchev–Trinajstić information content (AvgIpc) is 3.67. The number of aliphatic hydroxyl groups excluding tert-OH is 1. The molecular weight excluding hydrogens is 540 g/mol. The number of aromatic nitrogens is 4. The van der Waals surface area contributed by atoms with Gasteiger partial charge < -0.3 is 45.7 Å². The lowest BCUT2D eigenvalue weighted by molar-refractivity contribution is -0.136. The predicted molar refractivity (Wildman–Crippen MR) is 144 cm³/mol. The van der Waals surface area contributed by atoms with Crippen molar-refractivity contribution in [3.8, 4) is 11.5 Å². The van der Waals surface area contributed by atoms with Gasteiger partial charge >= 0.3 is 11.9 Å². The van der Waals surface area contributed by atoms with Crippen LogP contribution in [0.15, 0.2) is 18.0 Å². The summed E-state index contributed by atoms with van der Waals surface area (Å²) in [4.78, 5) is 34.4. The summed E-state index contributed by atoms with van der Waals surface area (Å²) in [5.74, 6) is -0.687. The Morgan fingerprint density at radius 2 is 2.05 bits per heavy atom. The fourth-order valence-corrected chi connectivity index (χ4v) is 4.56. The van der Waals surface area contributed by atoms with E-state index in [4.69, 9.17) is 40.6 Å². The first-order valence-corrected chi connectivity index (χ1v) is 12.6. The molecule has 0 bridgehead atoms. The molecule has 2 atom stereocenters. The molecule has 2 aromatic heterocycles. The maximum Gasteiger partial charge on any atom is 0.342 e. The van der Waals surface area contributed by atoms with E-state index >= 15 is 0 Å². The second kappa shape index (κ2) is 12.4. The molecular formula is C26H32N6O9. The number of phenols is 1. The van der Waals surface area contributed by atoms with Crippen LogP contribution >= 0.6 is 0 Å². The Balaban J connectivity index is 0.000000194. The lowest BCUT2D eigenvalue weighted by Gasteiger charge is -2.15. The highest BCUT2D eigenvalue weighted by atomic mass is 16.7. The molecule has 1 fully saturated rings. The summed E-state index contributed by atoms with van der Waals surface area (Å²) < 4.78 is 22.7. The molecule has 1 saturated heterocycles. The topological polar surface area (TPSA) is 227 Å². The molecule has 5 rings (SSSR count). The van der Waals surface area contributed by atoms with Crippen molar-refractivity contribution in [2.24, 2.45) is 0 Å². The largest absolute Gasteiger partial charge is 0.507 e. The summed E-state index contributed by atoms with van der Waals surface area (Å²) in [5, 5.41) is 28.1. The van der Waals surface area contributed by atoms with Crippen molar-refractivity contribution < 1.29 is 43.9 Å². The van der Waals surface area contributed by atoms with E-state index in [1.165, 1.54) is 13.4 Å². The number of ether oxygens (including phenoxy) is 4. The van der Waals surface area contributed by atoms with Gasteiger partial charge in [-0.2, -0.15) is 9.97 Å². The maximum atomic E-state index is 11.8. The first-order valence-electron chi connectivity index (χ1n) is 12.6. The van der Waals surface area contributed by atoms with Gasteiger partial charge in [-0.3, -0.25) is 9.36 Å². The van der Waals surface area contributed by atoms with Crippen molar-refractivity contribution in [2.75, 3.05) is 31.8 Å². The number of carbonyl (C=O) groups excluding carboxylic acids is 1. The van der Waals surface area contributed by atoms with Gasteiger partial charge in [0.2, 0.25) is 5.95 Å². The molecule has 1 aromatic carbocycles. The third kappa shape index (κ3) is 6.16. The van der Waals surface area contributed by atoms with E-state index in [2.05, 4.69) is 15.0 Å². The molecule has 0 radical (unpaired) electrons. The number of rotatable bonds is 8. The van der Waals surface area contributed by atoms with Gasteiger partial charge in [-0.1, -0.05) is 11.6 Å². The number of phenolic OH excluding ortho intramolecular Hbond substituents is 1. The number of nitrogens with two attached hydrogens (primary N) is 2. The molecule has 0 aliphatic carbocycles. The van der Waals surface area contributed by atoms with E-state index in [0.717, 1.165) is 11.1 Å². The maximum absolute atomic E-state index is 11.8. The molecule has 0 unspecified atom stereocenters. The van der Waals surface area contributed by atoms with Crippen LogP contribution in [0.1, 0.15) is 53.0 Å². The van der Waals surface area contributed by atoms with Gasteiger partial charge in [-0.05, 0) is 32.3 Å². The molecule has 7 N–H and O–H groups in total. The first kappa shape index (κ1) is 29.5. The van der Waals surface area contributed by atoms with Gasteiger partial charge in [0.05, 0.1) is 26.7 Å². The number of hydrogen-bond acceptors (Lipinski definition) is 13. The molecule has 15 heteroatoms. The van der Waals surface area contributed by atoms with Gasteiger partial charge in [-0.15, -0.1) is 0 Å². The second-order valence-electron chi connectivity index (χ2n) is 9.39. The van der Waals surface area contributed by atoms with Crippen molar-refractivity contribution >= 4 is 34.9 Å². The van der Waals surface area contributed by atoms with Gasteiger partial charge in [0.15, 0.2) is 24.0 Å². The third-order valence-corrected chi connectivity index (χ3v) is 6.69. The minimum Gasteiger partial charge on any atom is -0.507 e. The number of fused-ring (bicyclic) bond motifs is 2. The Hall–Kier alpha value is -4.47. The minimum atomic E-state index is -0.853. The summed E-state index contributed by atoms with van der Waals surface area (Å²) in [6, 6.07) is 0. The number of carboxylic acids is 1. The van der Waals surface area contributed by atoms with E-state index in [1.807, 2.05) is 19.9 Å². The van der Waals surface area contributed by atoms with Crippen LogP contribution in [-0.4, -0.2) is 73.4 Å². The van der Waals surface area contributed by atoms with Gasteiger partial charge in [0.25, 0.3) is 0 Å². The lowest BCUT2D eigenvalue weighted by atomic mass is 9.94. The van der Waals surface area contributed by atoms with Gasteiger partial charge in [0, 0.05) is 17.5 Å². The van der Waals surface area contributed by atoms with Crippen LogP contribution in [0.3, 0.4) is 0 Å². The lowest BCUT2D eigenvalue weighted by Crippen LogP contribution is -2.15. The summed E-state index contributed by atoms with van der Waals surface area (Å²) in [5.41, 5.74) is 15.2. The molecule has 3 aromatic rings. The van der Waals surface area contributed by atoms with Crippen molar-refractivity contribution in [2.45, 2.75) is 52.2 Å². The molecule has 0 amide bonds. The first-order chi connectivity index (χ1) is 19.5. The zero-order valence-electron chi connectivity index (χ0n) is 22.8. The second-order valence-corrected chi connectivity index (χ2v) is 9.39. The number of carbonyl (C=O) groups is 2. The fraction of sp³-hybridized carbons (Fsp3) is 0.423. The Kier molecular flexibility index (Phi) is 8.90. The number of aliphatic hydroxyl groups is 1. The van der Waals surface area contributed by atoms with Crippen molar-refractivity contribution in [1.29, 1.82) is 0 Å². The summed E-state index contributed by atoms with van der Waals surface area (Å²) in [6.07, 6.45) is 3.16. The number of hydrogen-bond donors (Lipinski definition) is 5. The number of esters is 1. The summed E-state index contributed by atoms with van der Waals surface area (Å²) in [7, 11) is 1.51. The van der Waals surface area contributed by atoms with Gasteiger partial charge in [-0.25, -0.2) is 9.78 Å². The highest BCUT2D eigenvalue weighted by molar-refractivity contribution is 5.98. The Morgan fingerprint density at radius 1 is 1.29 bits per heavy atom. The van der Waals surface area contributed by atoms with E-state index in [9.17, 15) is 14.7 Å². The predicted octanol–water partition coefficient (Wildman–Crippen LogP) is 1.59. The van der Waals surface area contributed by atoms with Crippen LogP contribution in [0.5, 0.6) is 11.5 Å². The van der Waals surface area contributed by atoms with Crippen LogP contribution in [-0.2, 0) is 32.0 Å². The van der Waals surface area contributed by atoms with Crippen LogP contribution < -0.4 is 16.2 Å². The molecule has 4 heterocycles. The highest BCUT2D eigenvalue weighted by Gasteiger charge is 2.32. The Bertz CT molecular complexity index is 1500. The van der Waals surface area contributed by atoms with Crippen LogP contribution in [0.2, 0.25) is 0 Å². The Labute approximate surface area is 234 Å². The third-order valence-electron chi connectivity index (χ3n) is 6.69. The van der Waals surface area contributed by atoms with E-state index in [1.54, 1.807) is 4.57 Å². The number of aliphatic carboxylic acids is 1. The van der Waals surface area contributed by atoms with Crippen LogP contribution in [0.25, 0.3) is 11.2 Å². The number of nitrogen functional groups attached to an aromatic ring is 2. The normalized spacial score (nSPS) is 18.1. The number of carboxylic acid groups (broad SMARTS) is 1. The van der Waals surface area contributed by atoms with Crippen LogP contribution in [0, 0.1) is 6.92 Å². The SMILES string of the molecule is COc1c(C)c2c(c(O)c1C/C=C(\C)CCC(=O)O)C(=O)OC2.Nc1nc(N)c2ncn([C@H]3CO[C@@H](CO)O3)c2n1. The number of benzene rings is 1. The number of anilines is 2. The van der Waals surface area contributed by atoms with Crippen molar-refractivity contribution in [3.05, 3.63) is 40.2 Å². The van der Waals surface area contributed by atoms with Crippen molar-refractivity contribution in [1.82, 2.24) is 19.5 Å². The average molecular weight is 573 g/mol. The molecule has 2 aliphatic rings. The highest BCUT2D eigenvalue weighted by Crippen LogP contribution is 2.42. The molecule has 15 nitrogen and oxygen atoms in total. The zero-order valence-corrected chi connectivity index (χ0v) is 22.8. The number of imidazole rings is 1. The quantitative estimate of drug-likeness (QED) is 0.191. The van der Waals surface area contributed by atoms with E-state index < -0.39 is 24.5 Å². The zero-order chi connectivity index (χ0) is 29.8. The molecule has 2 aliphatic heterocycles. The Morgan fingerprint density at radius 3 is 2.71 bits per heavy atom.